The van der Waals surface area contributed by atoms with Crippen molar-refractivity contribution in [1.29, 1.82) is 10.8 Å². The van der Waals surface area contributed by atoms with Crippen molar-refractivity contribution >= 4 is 18.1 Å². The SMILES string of the molecule is N=C1CN(C=O)CCN1C(=N)C(F)(F)F. The number of nitrogens with zero attached hydrogens (tertiary/aromatic N) is 2. The molecular weight excluding hydrogens is 213 g/mol. The fourth-order valence-corrected chi connectivity index (χ4v) is 1.21. The van der Waals surface area contributed by atoms with Gasteiger partial charge in [-0.15, -0.1) is 0 Å². The van der Waals surface area contributed by atoms with Gasteiger partial charge in [-0.2, -0.15) is 13.2 Å². The Morgan fingerprint density at radius 1 is 1.40 bits per heavy atom. The molecule has 0 aromatic heterocycles. The van der Waals surface area contributed by atoms with E-state index in [-0.39, 0.29) is 19.6 Å². The molecule has 0 aromatic rings. The van der Waals surface area contributed by atoms with Crippen LogP contribution in [0.2, 0.25) is 0 Å². The van der Waals surface area contributed by atoms with Gasteiger partial charge in [0.15, 0.2) is 0 Å². The molecular formula is C7H9F3N4O. The quantitative estimate of drug-likeness (QED) is 0.380. The highest BCUT2D eigenvalue weighted by atomic mass is 19.4. The number of carbonyl (C=O) groups is 1. The van der Waals surface area contributed by atoms with Crippen LogP contribution in [0.4, 0.5) is 13.2 Å². The summed E-state index contributed by atoms with van der Waals surface area (Å²) in [5.41, 5.74) is 0. The van der Waals surface area contributed by atoms with Crippen LogP contribution in [-0.2, 0) is 4.79 Å². The van der Waals surface area contributed by atoms with Crippen LogP contribution < -0.4 is 0 Å². The largest absolute Gasteiger partial charge is 0.449 e. The van der Waals surface area contributed by atoms with Gasteiger partial charge >= 0.3 is 6.18 Å². The first-order chi connectivity index (χ1) is 6.86. The van der Waals surface area contributed by atoms with Gasteiger partial charge < -0.3 is 9.80 Å². The van der Waals surface area contributed by atoms with E-state index in [0.29, 0.717) is 11.3 Å². The maximum Gasteiger partial charge on any atom is 0.449 e. The van der Waals surface area contributed by atoms with Crippen LogP contribution in [-0.4, -0.2) is 53.7 Å². The fraction of sp³-hybridized carbons (Fsp3) is 0.571. The Bertz CT molecular complexity index is 301. The van der Waals surface area contributed by atoms with Gasteiger partial charge in [-0.25, -0.2) is 0 Å². The van der Waals surface area contributed by atoms with Crippen LogP contribution in [0.1, 0.15) is 0 Å². The van der Waals surface area contributed by atoms with Gasteiger partial charge in [-0.05, 0) is 0 Å². The van der Waals surface area contributed by atoms with Crippen LogP contribution >= 0.6 is 0 Å². The molecule has 15 heavy (non-hydrogen) atoms. The zero-order valence-electron chi connectivity index (χ0n) is 7.64. The highest BCUT2D eigenvalue weighted by Gasteiger charge is 2.41. The maximum atomic E-state index is 12.1. The summed E-state index contributed by atoms with van der Waals surface area (Å²) >= 11 is 0. The molecule has 0 bridgehead atoms. The summed E-state index contributed by atoms with van der Waals surface area (Å²) in [6, 6.07) is 0. The Kier molecular flexibility index (Phi) is 2.96. The summed E-state index contributed by atoms with van der Waals surface area (Å²) in [6.07, 6.45) is -4.28. The monoisotopic (exact) mass is 222 g/mol. The van der Waals surface area contributed by atoms with Crippen LogP contribution in [0.5, 0.6) is 0 Å². The molecule has 2 N–H and O–H groups in total. The molecule has 8 heteroatoms. The Balaban J connectivity index is 2.71. The van der Waals surface area contributed by atoms with Gasteiger partial charge in [0.05, 0.1) is 6.54 Å². The molecule has 0 unspecified atom stereocenters. The summed E-state index contributed by atoms with van der Waals surface area (Å²) in [6.45, 7) is -0.276. The molecule has 1 aliphatic rings. The molecule has 5 nitrogen and oxygen atoms in total. The molecule has 0 aromatic carbocycles. The summed E-state index contributed by atoms with van der Waals surface area (Å²) in [7, 11) is 0. The smallest absolute Gasteiger partial charge is 0.336 e. The van der Waals surface area contributed by atoms with E-state index in [1.165, 1.54) is 4.90 Å². The number of rotatable bonds is 1. The van der Waals surface area contributed by atoms with Gasteiger partial charge in [0.25, 0.3) is 0 Å². The maximum absolute atomic E-state index is 12.1. The molecule has 1 saturated heterocycles. The van der Waals surface area contributed by atoms with Crippen molar-refractivity contribution in [2.45, 2.75) is 6.18 Å². The van der Waals surface area contributed by atoms with Crippen LogP contribution in [0, 0.1) is 10.8 Å². The lowest BCUT2D eigenvalue weighted by Gasteiger charge is -2.34. The number of carbonyl (C=O) groups excluding carboxylic acids is 1. The second kappa shape index (κ2) is 3.87. The van der Waals surface area contributed by atoms with Gasteiger partial charge in [-0.3, -0.25) is 15.6 Å². The molecule has 0 saturated carbocycles. The van der Waals surface area contributed by atoms with Crippen molar-refractivity contribution in [3.63, 3.8) is 0 Å². The minimum Gasteiger partial charge on any atom is -0.336 e. The minimum absolute atomic E-state index is 0.0876. The van der Waals surface area contributed by atoms with Crippen molar-refractivity contribution in [2.24, 2.45) is 0 Å². The first kappa shape index (κ1) is 11.5. The van der Waals surface area contributed by atoms with Gasteiger partial charge in [0, 0.05) is 13.1 Å². The number of alkyl halides is 3. The number of halogens is 3. The average Bonchev–Trinajstić information content (AvgIpc) is 2.15. The third kappa shape index (κ3) is 2.45. The molecule has 1 aliphatic heterocycles. The normalized spacial score (nSPS) is 17.9. The Labute approximate surface area is 83.5 Å². The van der Waals surface area contributed by atoms with E-state index in [0.717, 1.165) is 0 Å². The number of nitrogens with one attached hydrogen (secondary N) is 2. The van der Waals surface area contributed by atoms with Gasteiger partial charge in [0.1, 0.15) is 5.84 Å². The molecule has 0 atom stereocenters. The van der Waals surface area contributed by atoms with Crippen molar-refractivity contribution in [3.8, 4) is 0 Å². The van der Waals surface area contributed by atoms with Crippen molar-refractivity contribution in [2.75, 3.05) is 19.6 Å². The summed E-state index contributed by atoms with van der Waals surface area (Å²) < 4.78 is 36.4. The van der Waals surface area contributed by atoms with Crippen molar-refractivity contribution < 1.29 is 18.0 Å². The third-order valence-corrected chi connectivity index (χ3v) is 1.98. The zero-order chi connectivity index (χ0) is 11.6. The lowest BCUT2D eigenvalue weighted by molar-refractivity contribution is -0.118. The van der Waals surface area contributed by atoms with E-state index in [9.17, 15) is 18.0 Å². The number of hydrogen-bond acceptors (Lipinski definition) is 3. The standard InChI is InChI=1S/C7H9F3N4O/c8-7(9,10)6(12)14-2-1-13(4-15)3-5(14)11/h4,11-12H,1-3H2. The molecule has 1 rings (SSSR count). The van der Waals surface area contributed by atoms with Crippen molar-refractivity contribution in [3.05, 3.63) is 0 Å². The Morgan fingerprint density at radius 2 is 2.00 bits per heavy atom. The predicted molar refractivity (Wildman–Crippen MR) is 45.9 cm³/mol. The highest BCUT2D eigenvalue weighted by Crippen LogP contribution is 2.20. The zero-order valence-corrected chi connectivity index (χ0v) is 7.64. The van der Waals surface area contributed by atoms with E-state index >= 15 is 0 Å². The Hall–Kier alpha value is -1.60. The lowest BCUT2D eigenvalue weighted by atomic mass is 10.3. The molecule has 1 heterocycles. The molecule has 1 amide bonds. The van der Waals surface area contributed by atoms with E-state index in [1.807, 2.05) is 0 Å². The highest BCUT2D eigenvalue weighted by molar-refractivity contribution is 6.02. The number of piperazine rings is 1. The van der Waals surface area contributed by atoms with Crippen LogP contribution in [0.3, 0.4) is 0 Å². The first-order valence-electron chi connectivity index (χ1n) is 4.06. The minimum atomic E-state index is -4.75. The second-order valence-corrected chi connectivity index (χ2v) is 3.02. The first-order valence-corrected chi connectivity index (χ1v) is 4.06. The lowest BCUT2D eigenvalue weighted by Crippen LogP contribution is -2.54. The van der Waals surface area contributed by atoms with Crippen molar-refractivity contribution in [1.82, 2.24) is 9.80 Å². The van der Waals surface area contributed by atoms with E-state index in [4.69, 9.17) is 10.8 Å². The molecule has 84 valence electrons. The average molecular weight is 222 g/mol. The van der Waals surface area contributed by atoms with E-state index < -0.39 is 17.8 Å². The van der Waals surface area contributed by atoms with E-state index in [2.05, 4.69) is 0 Å². The summed E-state index contributed by atoms with van der Waals surface area (Å²) in [4.78, 5) is 12.1. The summed E-state index contributed by atoms with van der Waals surface area (Å²) in [5.74, 6) is -1.95. The molecule has 0 radical (unpaired) electrons. The van der Waals surface area contributed by atoms with Crippen LogP contribution in [0.15, 0.2) is 0 Å². The summed E-state index contributed by atoms with van der Waals surface area (Å²) in [5, 5.41) is 14.1. The van der Waals surface area contributed by atoms with Gasteiger partial charge in [0.2, 0.25) is 12.2 Å². The fourth-order valence-electron chi connectivity index (χ4n) is 1.21. The van der Waals surface area contributed by atoms with Crippen LogP contribution in [0.25, 0.3) is 0 Å². The molecule has 0 spiro atoms. The third-order valence-electron chi connectivity index (χ3n) is 1.98. The molecule has 1 fully saturated rings. The second-order valence-electron chi connectivity index (χ2n) is 3.02. The van der Waals surface area contributed by atoms with Gasteiger partial charge in [-0.1, -0.05) is 0 Å². The molecule has 0 aliphatic carbocycles. The van der Waals surface area contributed by atoms with E-state index in [1.54, 1.807) is 0 Å². The predicted octanol–water partition coefficient (Wildman–Crippen LogP) is 0.277. The Morgan fingerprint density at radius 3 is 2.40 bits per heavy atom. The number of amides is 1. The number of hydrogen-bond donors (Lipinski definition) is 2. The number of amidine groups is 2. The topological polar surface area (TPSA) is 71.2 Å².